The Kier molecular flexibility index (Phi) is 5.24. The van der Waals surface area contributed by atoms with E-state index in [1.807, 2.05) is 31.2 Å². The molecule has 0 aliphatic carbocycles. The van der Waals surface area contributed by atoms with Crippen LogP contribution in [0.15, 0.2) is 24.3 Å². The molecule has 0 spiro atoms. The number of urea groups is 1. The molecule has 2 amide bonds. The molecule has 1 fully saturated rings. The summed E-state index contributed by atoms with van der Waals surface area (Å²) in [6.07, 6.45) is 2.21. The minimum absolute atomic E-state index is 0.0233. The molecule has 0 saturated carbocycles. The lowest BCUT2D eigenvalue weighted by atomic mass is 10.1. The first-order chi connectivity index (χ1) is 9.70. The first-order valence-electron chi connectivity index (χ1n) is 6.98. The number of nitrogens with one attached hydrogen (secondary N) is 2. The minimum atomic E-state index is -0.182. The largest absolute Gasteiger partial charge is 0.496 e. The highest BCUT2D eigenvalue weighted by molar-refractivity contribution is 5.74. The zero-order valence-corrected chi connectivity index (χ0v) is 12.0. The van der Waals surface area contributed by atoms with Crippen molar-refractivity contribution in [3.8, 4) is 5.75 Å². The SMILES string of the molecule is COc1ccccc1CNC(=O)N[C@H](C)[C@H]1CCCO1. The molecular formula is C15H22N2O3. The number of methoxy groups -OCH3 is 1. The van der Waals surface area contributed by atoms with Crippen LogP contribution in [0, 0.1) is 0 Å². The van der Waals surface area contributed by atoms with Gasteiger partial charge in [0, 0.05) is 18.7 Å². The number of amides is 2. The molecule has 0 aromatic heterocycles. The smallest absolute Gasteiger partial charge is 0.315 e. The lowest BCUT2D eigenvalue weighted by molar-refractivity contribution is 0.0860. The Labute approximate surface area is 119 Å². The summed E-state index contributed by atoms with van der Waals surface area (Å²) in [7, 11) is 1.62. The molecule has 0 unspecified atom stereocenters. The van der Waals surface area contributed by atoms with E-state index in [2.05, 4.69) is 10.6 Å². The summed E-state index contributed by atoms with van der Waals surface area (Å²) in [6, 6.07) is 7.48. The molecule has 1 aliphatic heterocycles. The number of hydrogen-bond donors (Lipinski definition) is 2. The summed E-state index contributed by atoms with van der Waals surface area (Å²) in [5.74, 6) is 0.778. The summed E-state index contributed by atoms with van der Waals surface area (Å²) in [5, 5.41) is 5.76. The quantitative estimate of drug-likeness (QED) is 0.866. The van der Waals surface area contributed by atoms with Gasteiger partial charge >= 0.3 is 6.03 Å². The molecule has 2 atom stereocenters. The van der Waals surface area contributed by atoms with Gasteiger partial charge in [-0.15, -0.1) is 0 Å². The number of carbonyl (C=O) groups is 1. The summed E-state index contributed by atoms with van der Waals surface area (Å²) in [4.78, 5) is 11.9. The Morgan fingerprint density at radius 2 is 2.30 bits per heavy atom. The highest BCUT2D eigenvalue weighted by Gasteiger charge is 2.23. The molecule has 2 rings (SSSR count). The molecule has 1 aromatic rings. The number of ether oxygens (including phenoxy) is 2. The number of para-hydroxylation sites is 1. The zero-order valence-electron chi connectivity index (χ0n) is 12.0. The van der Waals surface area contributed by atoms with E-state index >= 15 is 0 Å². The fourth-order valence-electron chi connectivity index (χ4n) is 2.37. The van der Waals surface area contributed by atoms with Gasteiger partial charge < -0.3 is 20.1 Å². The van der Waals surface area contributed by atoms with Gasteiger partial charge in [-0.05, 0) is 25.8 Å². The number of rotatable bonds is 5. The summed E-state index contributed by atoms with van der Waals surface area (Å²) in [5.41, 5.74) is 0.954. The molecule has 110 valence electrons. The van der Waals surface area contributed by atoms with Gasteiger partial charge in [-0.3, -0.25) is 0 Å². The van der Waals surface area contributed by atoms with E-state index in [1.54, 1.807) is 7.11 Å². The van der Waals surface area contributed by atoms with Crippen LogP contribution < -0.4 is 15.4 Å². The van der Waals surface area contributed by atoms with Crippen molar-refractivity contribution in [1.82, 2.24) is 10.6 Å². The predicted molar refractivity (Wildman–Crippen MR) is 76.8 cm³/mol. The summed E-state index contributed by atoms with van der Waals surface area (Å²) >= 11 is 0. The molecule has 1 saturated heterocycles. The van der Waals surface area contributed by atoms with Crippen molar-refractivity contribution in [3.63, 3.8) is 0 Å². The van der Waals surface area contributed by atoms with Crippen molar-refractivity contribution < 1.29 is 14.3 Å². The second-order valence-corrected chi connectivity index (χ2v) is 4.98. The molecule has 2 N–H and O–H groups in total. The Bertz CT molecular complexity index is 444. The predicted octanol–water partition coefficient (Wildman–Crippen LogP) is 2.06. The average molecular weight is 278 g/mol. The van der Waals surface area contributed by atoms with E-state index in [-0.39, 0.29) is 18.2 Å². The van der Waals surface area contributed by atoms with E-state index in [4.69, 9.17) is 9.47 Å². The first-order valence-corrected chi connectivity index (χ1v) is 6.98. The first kappa shape index (κ1) is 14.7. The van der Waals surface area contributed by atoms with Crippen LogP contribution in [-0.2, 0) is 11.3 Å². The van der Waals surface area contributed by atoms with Gasteiger partial charge in [0.15, 0.2) is 0 Å². The van der Waals surface area contributed by atoms with Crippen LogP contribution in [0.3, 0.4) is 0 Å². The van der Waals surface area contributed by atoms with Gasteiger partial charge in [0.05, 0.1) is 19.3 Å². The maximum absolute atomic E-state index is 11.9. The highest BCUT2D eigenvalue weighted by Crippen LogP contribution is 2.17. The van der Waals surface area contributed by atoms with E-state index < -0.39 is 0 Å². The fourth-order valence-corrected chi connectivity index (χ4v) is 2.37. The van der Waals surface area contributed by atoms with Crippen molar-refractivity contribution in [2.24, 2.45) is 0 Å². The van der Waals surface area contributed by atoms with E-state index in [0.29, 0.717) is 6.54 Å². The molecule has 0 radical (unpaired) electrons. The Morgan fingerprint density at radius 1 is 1.50 bits per heavy atom. The van der Waals surface area contributed by atoms with Crippen molar-refractivity contribution in [1.29, 1.82) is 0 Å². The Morgan fingerprint density at radius 3 is 3.00 bits per heavy atom. The van der Waals surface area contributed by atoms with E-state index in [9.17, 15) is 4.79 Å². The molecule has 1 heterocycles. The van der Waals surface area contributed by atoms with Gasteiger partial charge in [0.25, 0.3) is 0 Å². The van der Waals surface area contributed by atoms with Crippen LogP contribution in [0.2, 0.25) is 0 Å². The van der Waals surface area contributed by atoms with E-state index in [1.165, 1.54) is 0 Å². The monoisotopic (exact) mass is 278 g/mol. The molecule has 1 aliphatic rings. The van der Waals surface area contributed by atoms with Crippen LogP contribution >= 0.6 is 0 Å². The van der Waals surface area contributed by atoms with Crippen molar-refractivity contribution in [2.45, 2.75) is 38.5 Å². The molecule has 5 nitrogen and oxygen atoms in total. The van der Waals surface area contributed by atoms with Crippen LogP contribution in [0.25, 0.3) is 0 Å². The topological polar surface area (TPSA) is 59.6 Å². The summed E-state index contributed by atoms with van der Waals surface area (Å²) < 4.78 is 10.8. The van der Waals surface area contributed by atoms with E-state index in [0.717, 1.165) is 30.8 Å². The molecule has 1 aromatic carbocycles. The van der Waals surface area contributed by atoms with Crippen molar-refractivity contribution in [3.05, 3.63) is 29.8 Å². The standard InChI is InChI=1S/C15H22N2O3/c1-11(13-8-5-9-20-13)17-15(18)16-10-12-6-3-4-7-14(12)19-2/h3-4,6-7,11,13H,5,8-10H2,1-2H3,(H2,16,17,18)/t11-,13-/m1/s1. The second-order valence-electron chi connectivity index (χ2n) is 4.98. The fraction of sp³-hybridized carbons (Fsp3) is 0.533. The maximum atomic E-state index is 11.9. The van der Waals surface area contributed by atoms with Crippen molar-refractivity contribution in [2.75, 3.05) is 13.7 Å². The van der Waals surface area contributed by atoms with Gasteiger partial charge in [-0.25, -0.2) is 4.79 Å². The Hall–Kier alpha value is -1.75. The van der Waals surface area contributed by atoms with Crippen LogP contribution in [0.1, 0.15) is 25.3 Å². The third-order valence-corrected chi connectivity index (χ3v) is 3.51. The molecular weight excluding hydrogens is 256 g/mol. The Balaban J connectivity index is 1.79. The van der Waals surface area contributed by atoms with Crippen LogP contribution in [0.5, 0.6) is 5.75 Å². The number of carbonyl (C=O) groups excluding carboxylic acids is 1. The average Bonchev–Trinajstić information content (AvgIpc) is 2.99. The van der Waals surface area contributed by atoms with Crippen LogP contribution in [-0.4, -0.2) is 31.9 Å². The van der Waals surface area contributed by atoms with Gasteiger partial charge in [-0.2, -0.15) is 0 Å². The van der Waals surface area contributed by atoms with Crippen molar-refractivity contribution >= 4 is 6.03 Å². The lowest BCUT2D eigenvalue weighted by Gasteiger charge is -2.20. The highest BCUT2D eigenvalue weighted by atomic mass is 16.5. The third kappa shape index (κ3) is 3.87. The summed E-state index contributed by atoms with van der Waals surface area (Å²) in [6.45, 7) is 3.20. The molecule has 20 heavy (non-hydrogen) atoms. The number of benzene rings is 1. The molecule has 5 heteroatoms. The number of hydrogen-bond acceptors (Lipinski definition) is 3. The minimum Gasteiger partial charge on any atom is -0.496 e. The normalized spacial score (nSPS) is 19.4. The van der Waals surface area contributed by atoms with Gasteiger partial charge in [-0.1, -0.05) is 18.2 Å². The van der Waals surface area contributed by atoms with Gasteiger partial charge in [0.2, 0.25) is 0 Å². The molecule has 0 bridgehead atoms. The van der Waals surface area contributed by atoms with Crippen LogP contribution in [0.4, 0.5) is 4.79 Å². The third-order valence-electron chi connectivity index (χ3n) is 3.51. The maximum Gasteiger partial charge on any atom is 0.315 e. The second kappa shape index (κ2) is 7.14. The lowest BCUT2D eigenvalue weighted by Crippen LogP contribution is -2.45. The van der Waals surface area contributed by atoms with Gasteiger partial charge in [0.1, 0.15) is 5.75 Å². The zero-order chi connectivity index (χ0) is 14.4.